The van der Waals surface area contributed by atoms with Crippen molar-refractivity contribution in [3.05, 3.63) is 12.4 Å². The van der Waals surface area contributed by atoms with Crippen molar-refractivity contribution in [1.29, 1.82) is 0 Å². The summed E-state index contributed by atoms with van der Waals surface area (Å²) in [6.07, 6.45) is 2.54. The number of aromatic nitrogens is 2. The summed E-state index contributed by atoms with van der Waals surface area (Å²) in [5.74, 6) is -1.21. The van der Waals surface area contributed by atoms with Crippen molar-refractivity contribution >= 4 is 16.0 Å². The van der Waals surface area contributed by atoms with E-state index in [-0.39, 0.29) is 4.90 Å². The summed E-state index contributed by atoms with van der Waals surface area (Å²) in [4.78, 5) is 10.8. The maximum Gasteiger partial charge on any atom is 0.321 e. The maximum atomic E-state index is 12.1. The summed E-state index contributed by atoms with van der Waals surface area (Å²) in [6.45, 7) is 2.13. The van der Waals surface area contributed by atoms with Crippen LogP contribution in [0.2, 0.25) is 0 Å². The first-order valence-corrected chi connectivity index (χ1v) is 6.97. The number of nitrogens with zero attached hydrogens (tertiary/aromatic N) is 3. The number of carboxylic acids is 1. The zero-order valence-electron chi connectivity index (χ0n) is 11.0. The second kappa shape index (κ2) is 6.13. The molecule has 0 aromatic carbocycles. The lowest BCUT2D eigenvalue weighted by atomic mass is 10.4. The lowest BCUT2D eigenvalue weighted by molar-refractivity contribution is -0.140. The van der Waals surface area contributed by atoms with Gasteiger partial charge in [0, 0.05) is 20.4 Å². The minimum absolute atomic E-state index is 0.0424. The van der Waals surface area contributed by atoms with Crippen LogP contribution in [-0.2, 0) is 26.1 Å². The second-order valence-corrected chi connectivity index (χ2v) is 5.96. The Hall–Kier alpha value is -1.45. The van der Waals surface area contributed by atoms with Crippen molar-refractivity contribution in [1.82, 2.24) is 14.1 Å². The summed E-state index contributed by atoms with van der Waals surface area (Å²) in [7, 11) is -1.11. The number of ether oxygens (including phenoxy) is 1. The van der Waals surface area contributed by atoms with Crippen molar-refractivity contribution in [2.45, 2.75) is 24.4 Å². The summed E-state index contributed by atoms with van der Waals surface area (Å²) in [6, 6.07) is -1.15. The van der Waals surface area contributed by atoms with Crippen LogP contribution in [0.15, 0.2) is 17.3 Å². The van der Waals surface area contributed by atoms with E-state index in [1.807, 2.05) is 0 Å². The normalized spacial score (nSPS) is 13.7. The first-order valence-electron chi connectivity index (χ1n) is 5.53. The molecule has 1 unspecified atom stereocenters. The summed E-state index contributed by atoms with van der Waals surface area (Å²) >= 11 is 0. The highest BCUT2D eigenvalue weighted by molar-refractivity contribution is 7.89. The highest BCUT2D eigenvalue weighted by Gasteiger charge is 2.30. The molecule has 1 aromatic heterocycles. The van der Waals surface area contributed by atoms with Gasteiger partial charge in [0.05, 0.1) is 19.3 Å². The Labute approximate surface area is 111 Å². The van der Waals surface area contributed by atoms with E-state index in [0.29, 0.717) is 13.2 Å². The smallest absolute Gasteiger partial charge is 0.321 e. The molecular formula is C10H17N3O5S. The maximum absolute atomic E-state index is 12.1. The van der Waals surface area contributed by atoms with Crippen molar-refractivity contribution in [3.8, 4) is 0 Å². The van der Waals surface area contributed by atoms with Gasteiger partial charge >= 0.3 is 5.97 Å². The summed E-state index contributed by atoms with van der Waals surface area (Å²) < 4.78 is 31.4. The quantitative estimate of drug-likeness (QED) is 0.735. The third-order valence-electron chi connectivity index (χ3n) is 2.71. The van der Waals surface area contributed by atoms with Gasteiger partial charge in [-0.1, -0.05) is 0 Å². The first kappa shape index (κ1) is 15.6. The molecule has 1 heterocycles. The molecule has 0 amide bonds. The number of carbonyl (C=O) groups is 1. The number of aliphatic carboxylic acids is 1. The Bertz CT molecular complexity index is 539. The van der Waals surface area contributed by atoms with Gasteiger partial charge < -0.3 is 9.84 Å². The Morgan fingerprint density at radius 1 is 1.63 bits per heavy atom. The van der Waals surface area contributed by atoms with Gasteiger partial charge in [-0.2, -0.15) is 9.40 Å². The van der Waals surface area contributed by atoms with Gasteiger partial charge in [0.15, 0.2) is 0 Å². The minimum atomic E-state index is -3.86. The van der Waals surface area contributed by atoms with E-state index < -0.39 is 22.0 Å². The van der Waals surface area contributed by atoms with Crippen molar-refractivity contribution in [3.63, 3.8) is 0 Å². The predicted molar refractivity (Wildman–Crippen MR) is 66.1 cm³/mol. The van der Waals surface area contributed by atoms with Gasteiger partial charge in [-0.05, 0) is 6.92 Å². The van der Waals surface area contributed by atoms with Crippen molar-refractivity contribution in [2.75, 3.05) is 20.8 Å². The van der Waals surface area contributed by atoms with Gasteiger partial charge in [0.1, 0.15) is 10.9 Å². The molecule has 1 aromatic rings. The first-order chi connectivity index (χ1) is 8.80. The van der Waals surface area contributed by atoms with Crippen LogP contribution in [-0.4, -0.2) is 60.4 Å². The van der Waals surface area contributed by atoms with Gasteiger partial charge in [0.2, 0.25) is 10.0 Å². The largest absolute Gasteiger partial charge is 0.480 e. The molecule has 0 radical (unpaired) electrons. The number of likely N-dealkylation sites (N-methyl/N-ethyl adjacent to an activating group) is 1. The van der Waals surface area contributed by atoms with Crippen molar-refractivity contribution < 1.29 is 23.1 Å². The monoisotopic (exact) mass is 291 g/mol. The molecule has 1 atom stereocenters. The molecule has 19 heavy (non-hydrogen) atoms. The third kappa shape index (κ3) is 3.52. The average molecular weight is 291 g/mol. The fourth-order valence-corrected chi connectivity index (χ4v) is 2.59. The topological polar surface area (TPSA) is 102 Å². The van der Waals surface area contributed by atoms with Crippen LogP contribution in [0.3, 0.4) is 0 Å². The zero-order valence-corrected chi connectivity index (χ0v) is 11.8. The highest BCUT2D eigenvalue weighted by Crippen LogP contribution is 2.15. The number of methoxy groups -OCH3 is 1. The number of hydrogen-bond donors (Lipinski definition) is 1. The fraction of sp³-hybridized carbons (Fsp3) is 0.600. The molecule has 0 aliphatic rings. The molecule has 108 valence electrons. The van der Waals surface area contributed by atoms with Crippen LogP contribution in [0.4, 0.5) is 0 Å². The molecular weight excluding hydrogens is 274 g/mol. The molecule has 1 N–H and O–H groups in total. The van der Waals surface area contributed by atoms with Gasteiger partial charge in [-0.3, -0.25) is 9.48 Å². The minimum Gasteiger partial charge on any atom is -0.480 e. The van der Waals surface area contributed by atoms with Gasteiger partial charge in [-0.25, -0.2) is 8.42 Å². The molecule has 9 heteroatoms. The van der Waals surface area contributed by atoms with Crippen LogP contribution < -0.4 is 0 Å². The third-order valence-corrected chi connectivity index (χ3v) is 4.59. The van der Waals surface area contributed by atoms with E-state index in [2.05, 4.69) is 5.10 Å². The van der Waals surface area contributed by atoms with Crippen LogP contribution in [0.1, 0.15) is 6.92 Å². The number of hydrogen-bond acceptors (Lipinski definition) is 5. The van der Waals surface area contributed by atoms with Crippen LogP contribution in [0.25, 0.3) is 0 Å². The van der Waals surface area contributed by atoms with E-state index in [9.17, 15) is 13.2 Å². The Morgan fingerprint density at radius 2 is 2.26 bits per heavy atom. The van der Waals surface area contributed by atoms with Crippen molar-refractivity contribution in [2.24, 2.45) is 0 Å². The second-order valence-electron chi connectivity index (χ2n) is 3.97. The average Bonchev–Trinajstić information content (AvgIpc) is 2.83. The Balaban J connectivity index is 2.94. The molecule has 0 saturated carbocycles. The standard InChI is InChI=1S/C10H17N3O5S/c1-8(10(14)15)12(2)19(16,17)9-6-11-13(7-9)4-5-18-3/h6-8H,4-5H2,1-3H3,(H,14,15). The lowest BCUT2D eigenvalue weighted by Crippen LogP contribution is -2.40. The molecule has 0 bridgehead atoms. The van der Waals surface area contributed by atoms with E-state index in [0.717, 1.165) is 4.31 Å². The number of carboxylic acid groups (broad SMARTS) is 1. The Morgan fingerprint density at radius 3 is 2.79 bits per heavy atom. The Kier molecular flexibility index (Phi) is 5.04. The SMILES string of the molecule is COCCn1cc(S(=O)(=O)N(C)C(C)C(=O)O)cn1. The highest BCUT2D eigenvalue weighted by atomic mass is 32.2. The molecule has 1 rings (SSSR count). The summed E-state index contributed by atoms with van der Waals surface area (Å²) in [5, 5.41) is 12.7. The molecule has 0 saturated heterocycles. The summed E-state index contributed by atoms with van der Waals surface area (Å²) in [5.41, 5.74) is 0. The number of rotatable bonds is 7. The van der Waals surface area contributed by atoms with E-state index in [1.165, 1.54) is 38.2 Å². The fourth-order valence-electron chi connectivity index (χ4n) is 1.31. The molecule has 8 nitrogen and oxygen atoms in total. The van der Waals surface area contributed by atoms with Crippen LogP contribution >= 0.6 is 0 Å². The molecule has 0 aliphatic heterocycles. The van der Waals surface area contributed by atoms with Crippen LogP contribution in [0, 0.1) is 0 Å². The van der Waals surface area contributed by atoms with Crippen LogP contribution in [0.5, 0.6) is 0 Å². The molecule has 0 spiro atoms. The van der Waals surface area contributed by atoms with E-state index >= 15 is 0 Å². The van der Waals surface area contributed by atoms with Gasteiger partial charge in [-0.15, -0.1) is 0 Å². The molecule has 0 fully saturated rings. The zero-order chi connectivity index (χ0) is 14.6. The van der Waals surface area contributed by atoms with E-state index in [4.69, 9.17) is 9.84 Å². The van der Waals surface area contributed by atoms with Gasteiger partial charge in [0.25, 0.3) is 0 Å². The molecule has 0 aliphatic carbocycles. The number of sulfonamides is 1. The predicted octanol–water partition coefficient (Wildman–Crippen LogP) is -0.377. The lowest BCUT2D eigenvalue weighted by Gasteiger charge is -2.19. The van der Waals surface area contributed by atoms with E-state index in [1.54, 1.807) is 0 Å².